The first kappa shape index (κ1) is 16.7. The molecule has 0 saturated heterocycles. The van der Waals surface area contributed by atoms with Crippen molar-refractivity contribution in [2.75, 3.05) is 6.61 Å². The van der Waals surface area contributed by atoms with Crippen molar-refractivity contribution >= 4 is 22.9 Å². The average molecular weight is 332 g/mol. The summed E-state index contributed by atoms with van der Waals surface area (Å²) in [5.41, 5.74) is 5.73. The van der Waals surface area contributed by atoms with E-state index in [4.69, 9.17) is 4.74 Å². The van der Waals surface area contributed by atoms with Crippen molar-refractivity contribution < 1.29 is 9.53 Å². The third-order valence-electron chi connectivity index (χ3n) is 4.02. The standard InChI is InChI=1S/C21H20N2O2/c1-15-7-10-20(11-16(15)2)25-14-21(24)23-22-13-17-8-9-18-5-3-4-6-19(18)12-17/h3-13H,14H2,1-2H3,(H,23,24)/b22-13+. The molecule has 0 atom stereocenters. The summed E-state index contributed by atoms with van der Waals surface area (Å²) in [6.45, 7) is 3.97. The molecule has 0 radical (unpaired) electrons. The summed E-state index contributed by atoms with van der Waals surface area (Å²) in [6, 6.07) is 19.9. The van der Waals surface area contributed by atoms with Crippen LogP contribution in [0.25, 0.3) is 10.8 Å². The van der Waals surface area contributed by atoms with E-state index in [2.05, 4.69) is 16.6 Å². The zero-order valence-corrected chi connectivity index (χ0v) is 14.3. The maximum absolute atomic E-state index is 11.8. The number of ether oxygens (including phenoxy) is 1. The van der Waals surface area contributed by atoms with Gasteiger partial charge >= 0.3 is 0 Å². The summed E-state index contributed by atoms with van der Waals surface area (Å²) in [7, 11) is 0. The van der Waals surface area contributed by atoms with Crippen molar-refractivity contribution in [3.63, 3.8) is 0 Å². The molecule has 25 heavy (non-hydrogen) atoms. The second-order valence-corrected chi connectivity index (χ2v) is 5.93. The summed E-state index contributed by atoms with van der Waals surface area (Å²) in [6.07, 6.45) is 1.63. The van der Waals surface area contributed by atoms with Gasteiger partial charge in [-0.25, -0.2) is 5.43 Å². The van der Waals surface area contributed by atoms with Crippen LogP contribution in [0.15, 0.2) is 65.8 Å². The Labute approximate surface area is 147 Å². The van der Waals surface area contributed by atoms with Crippen LogP contribution < -0.4 is 10.2 Å². The molecule has 0 aliphatic rings. The van der Waals surface area contributed by atoms with Crippen molar-refractivity contribution in [1.82, 2.24) is 5.43 Å². The highest BCUT2D eigenvalue weighted by Crippen LogP contribution is 2.16. The summed E-state index contributed by atoms with van der Waals surface area (Å²) < 4.78 is 5.48. The molecule has 0 unspecified atom stereocenters. The van der Waals surface area contributed by atoms with Gasteiger partial charge in [-0.1, -0.05) is 42.5 Å². The molecule has 0 aliphatic heterocycles. The summed E-state index contributed by atoms with van der Waals surface area (Å²) in [4.78, 5) is 11.8. The van der Waals surface area contributed by atoms with E-state index in [9.17, 15) is 4.79 Å². The molecule has 3 aromatic carbocycles. The van der Waals surface area contributed by atoms with E-state index >= 15 is 0 Å². The number of nitrogens with zero attached hydrogens (tertiary/aromatic N) is 1. The molecule has 126 valence electrons. The van der Waals surface area contributed by atoms with Crippen molar-refractivity contribution in [2.24, 2.45) is 5.10 Å². The maximum Gasteiger partial charge on any atom is 0.277 e. The molecule has 0 bridgehead atoms. The number of benzene rings is 3. The molecule has 1 amide bonds. The molecule has 0 aliphatic carbocycles. The molecular weight excluding hydrogens is 312 g/mol. The van der Waals surface area contributed by atoms with Gasteiger partial charge in [-0.15, -0.1) is 0 Å². The molecule has 0 aromatic heterocycles. The van der Waals surface area contributed by atoms with Gasteiger partial charge in [0.2, 0.25) is 0 Å². The van der Waals surface area contributed by atoms with Crippen LogP contribution in [0.2, 0.25) is 0 Å². The van der Waals surface area contributed by atoms with E-state index in [1.54, 1.807) is 6.21 Å². The van der Waals surface area contributed by atoms with Crippen LogP contribution in [-0.4, -0.2) is 18.7 Å². The number of fused-ring (bicyclic) bond motifs is 1. The minimum absolute atomic E-state index is 0.0719. The fraction of sp³-hybridized carbons (Fsp3) is 0.143. The van der Waals surface area contributed by atoms with Crippen LogP contribution >= 0.6 is 0 Å². The third-order valence-corrected chi connectivity index (χ3v) is 4.02. The van der Waals surface area contributed by atoms with Crippen LogP contribution in [0.4, 0.5) is 0 Å². The number of amides is 1. The van der Waals surface area contributed by atoms with Gasteiger partial charge in [0.05, 0.1) is 6.21 Å². The number of rotatable bonds is 5. The minimum atomic E-state index is -0.296. The Hall–Kier alpha value is -3.14. The first-order valence-electron chi connectivity index (χ1n) is 8.12. The van der Waals surface area contributed by atoms with E-state index in [-0.39, 0.29) is 12.5 Å². The Morgan fingerprint density at radius 1 is 1.00 bits per heavy atom. The maximum atomic E-state index is 11.8. The van der Waals surface area contributed by atoms with Crippen molar-refractivity contribution in [3.05, 3.63) is 77.4 Å². The van der Waals surface area contributed by atoms with E-state index in [1.807, 2.05) is 68.4 Å². The average Bonchev–Trinajstić information content (AvgIpc) is 2.62. The second kappa shape index (κ2) is 7.62. The van der Waals surface area contributed by atoms with Gasteiger partial charge in [0.1, 0.15) is 5.75 Å². The highest BCUT2D eigenvalue weighted by atomic mass is 16.5. The molecule has 0 heterocycles. The Bertz CT molecular complexity index is 932. The number of hydrazone groups is 1. The van der Waals surface area contributed by atoms with Crippen LogP contribution in [0.3, 0.4) is 0 Å². The predicted octanol–water partition coefficient (Wildman–Crippen LogP) is 3.99. The van der Waals surface area contributed by atoms with Gasteiger partial charge in [0.25, 0.3) is 5.91 Å². The first-order chi connectivity index (χ1) is 12.1. The normalized spacial score (nSPS) is 11.0. The lowest BCUT2D eigenvalue weighted by Crippen LogP contribution is -2.24. The van der Waals surface area contributed by atoms with Gasteiger partial charge in [-0.2, -0.15) is 5.10 Å². The van der Waals surface area contributed by atoms with Gasteiger partial charge in [-0.05, 0) is 59.5 Å². The Morgan fingerprint density at radius 3 is 2.60 bits per heavy atom. The number of hydrogen-bond acceptors (Lipinski definition) is 3. The topological polar surface area (TPSA) is 50.7 Å². The molecule has 4 nitrogen and oxygen atoms in total. The number of nitrogens with one attached hydrogen (secondary N) is 1. The van der Waals surface area contributed by atoms with Gasteiger partial charge in [-0.3, -0.25) is 4.79 Å². The zero-order valence-electron chi connectivity index (χ0n) is 14.3. The van der Waals surface area contributed by atoms with E-state index in [1.165, 1.54) is 10.9 Å². The minimum Gasteiger partial charge on any atom is -0.484 e. The van der Waals surface area contributed by atoms with E-state index in [0.29, 0.717) is 5.75 Å². The van der Waals surface area contributed by atoms with Crippen LogP contribution in [0.1, 0.15) is 16.7 Å². The lowest BCUT2D eigenvalue weighted by atomic mass is 10.1. The molecule has 0 saturated carbocycles. The third kappa shape index (κ3) is 4.44. The smallest absolute Gasteiger partial charge is 0.277 e. The molecule has 1 N–H and O–H groups in total. The van der Waals surface area contributed by atoms with Gasteiger partial charge in [0.15, 0.2) is 6.61 Å². The Morgan fingerprint density at radius 2 is 1.80 bits per heavy atom. The lowest BCUT2D eigenvalue weighted by molar-refractivity contribution is -0.123. The van der Waals surface area contributed by atoms with Crippen molar-refractivity contribution in [1.29, 1.82) is 0 Å². The molecule has 4 heteroatoms. The molecule has 3 aromatic rings. The molecule has 3 rings (SSSR count). The summed E-state index contributed by atoms with van der Waals surface area (Å²) in [5, 5.41) is 6.29. The van der Waals surface area contributed by atoms with Crippen molar-refractivity contribution in [3.8, 4) is 5.75 Å². The number of carbonyl (C=O) groups is 1. The highest BCUT2D eigenvalue weighted by molar-refractivity contribution is 5.90. The van der Waals surface area contributed by atoms with Crippen LogP contribution in [-0.2, 0) is 4.79 Å². The fourth-order valence-corrected chi connectivity index (χ4v) is 2.45. The second-order valence-electron chi connectivity index (χ2n) is 5.93. The SMILES string of the molecule is Cc1ccc(OCC(=O)N/N=C/c2ccc3ccccc3c2)cc1C. The lowest BCUT2D eigenvalue weighted by Gasteiger charge is -2.07. The largest absolute Gasteiger partial charge is 0.484 e. The van der Waals surface area contributed by atoms with E-state index < -0.39 is 0 Å². The van der Waals surface area contributed by atoms with Crippen molar-refractivity contribution in [2.45, 2.75) is 13.8 Å². The Balaban J connectivity index is 1.53. The monoisotopic (exact) mass is 332 g/mol. The zero-order chi connectivity index (χ0) is 17.6. The van der Waals surface area contributed by atoms with E-state index in [0.717, 1.165) is 16.5 Å². The summed E-state index contributed by atoms with van der Waals surface area (Å²) >= 11 is 0. The molecule has 0 fully saturated rings. The summed E-state index contributed by atoms with van der Waals surface area (Å²) in [5.74, 6) is 0.382. The number of hydrogen-bond donors (Lipinski definition) is 1. The highest BCUT2D eigenvalue weighted by Gasteiger charge is 2.02. The van der Waals surface area contributed by atoms with Crippen LogP contribution in [0, 0.1) is 13.8 Å². The predicted molar refractivity (Wildman–Crippen MR) is 101 cm³/mol. The Kier molecular flexibility index (Phi) is 5.09. The van der Waals surface area contributed by atoms with Crippen LogP contribution in [0.5, 0.6) is 5.75 Å². The first-order valence-corrected chi connectivity index (χ1v) is 8.12. The molecule has 0 spiro atoms. The number of aryl methyl sites for hydroxylation is 2. The number of carbonyl (C=O) groups excluding carboxylic acids is 1. The fourth-order valence-electron chi connectivity index (χ4n) is 2.45. The van der Waals surface area contributed by atoms with Gasteiger partial charge in [0, 0.05) is 0 Å². The molecular formula is C21H20N2O2. The van der Waals surface area contributed by atoms with Gasteiger partial charge < -0.3 is 4.74 Å². The quantitative estimate of drug-likeness (QED) is 0.567.